The predicted octanol–water partition coefficient (Wildman–Crippen LogP) is 12.2. The van der Waals surface area contributed by atoms with Crippen LogP contribution in [0.2, 0.25) is 0 Å². The zero-order valence-corrected chi connectivity index (χ0v) is 27.2. The van der Waals surface area contributed by atoms with Crippen molar-refractivity contribution in [3.63, 3.8) is 0 Å². The van der Waals surface area contributed by atoms with E-state index >= 15 is 0 Å². The number of hydrogen-bond acceptors (Lipinski definition) is 3. The van der Waals surface area contributed by atoms with Gasteiger partial charge in [0.05, 0.1) is 11.4 Å². The summed E-state index contributed by atoms with van der Waals surface area (Å²) in [6.45, 7) is 0. The van der Waals surface area contributed by atoms with E-state index in [-0.39, 0.29) is 0 Å². The lowest BCUT2D eigenvalue weighted by Crippen LogP contribution is -1.96. The van der Waals surface area contributed by atoms with Crippen LogP contribution in [0.1, 0.15) is 0 Å². The zero-order chi connectivity index (χ0) is 33.3. The Bertz CT molecular complexity index is 2600. The second-order valence-electron chi connectivity index (χ2n) is 12.5. The van der Waals surface area contributed by atoms with Gasteiger partial charge in [0.25, 0.3) is 0 Å². The van der Waals surface area contributed by atoms with E-state index in [1.54, 1.807) is 0 Å². The van der Waals surface area contributed by atoms with Crippen LogP contribution in [0.5, 0.6) is 0 Å². The lowest BCUT2D eigenvalue weighted by atomic mass is 9.98. The molecule has 9 rings (SSSR count). The molecule has 0 spiro atoms. The Morgan fingerprint density at radius 3 is 1.50 bits per heavy atom. The maximum absolute atomic E-state index is 5.14. The van der Waals surface area contributed by atoms with Gasteiger partial charge >= 0.3 is 0 Å². The lowest BCUT2D eigenvalue weighted by Gasteiger charge is -2.12. The minimum absolute atomic E-state index is 0.692. The fourth-order valence-corrected chi connectivity index (χ4v) is 6.68. The van der Waals surface area contributed by atoms with Gasteiger partial charge in [0.15, 0.2) is 5.82 Å². The van der Waals surface area contributed by atoms with Crippen LogP contribution in [0.3, 0.4) is 0 Å². The first-order chi connectivity index (χ1) is 24.7. The molecule has 0 radical (unpaired) electrons. The average Bonchev–Trinajstić information content (AvgIpc) is 3.21. The van der Waals surface area contributed by atoms with E-state index in [1.807, 2.05) is 24.5 Å². The molecule has 3 heteroatoms. The van der Waals surface area contributed by atoms with Gasteiger partial charge < -0.3 is 0 Å². The number of hydrogen-bond donors (Lipinski definition) is 0. The molecule has 234 valence electrons. The Morgan fingerprint density at radius 1 is 0.300 bits per heavy atom. The van der Waals surface area contributed by atoms with Crippen molar-refractivity contribution in [2.45, 2.75) is 0 Å². The van der Waals surface area contributed by atoms with Crippen LogP contribution in [0.15, 0.2) is 188 Å². The SMILES string of the molecule is c1ccc(-c2ccc(-c3cc(-c4ccc(-c5cncc6ccccc56)cc4)nc(-c4ccc(-c5ccc6ccccc6c5)cc4)n3)cc2)cc1. The number of benzene rings is 7. The average molecular weight is 638 g/mol. The molecule has 0 saturated carbocycles. The summed E-state index contributed by atoms with van der Waals surface area (Å²) in [4.78, 5) is 14.8. The van der Waals surface area contributed by atoms with Crippen molar-refractivity contribution < 1.29 is 0 Å². The molecular weight excluding hydrogens is 607 g/mol. The molecule has 0 amide bonds. The maximum atomic E-state index is 5.14. The summed E-state index contributed by atoms with van der Waals surface area (Å²) in [6.07, 6.45) is 3.86. The second kappa shape index (κ2) is 12.7. The molecule has 0 aliphatic heterocycles. The van der Waals surface area contributed by atoms with Crippen molar-refractivity contribution in [1.29, 1.82) is 0 Å². The fraction of sp³-hybridized carbons (Fsp3) is 0. The first-order valence-corrected chi connectivity index (χ1v) is 16.8. The van der Waals surface area contributed by atoms with Crippen molar-refractivity contribution >= 4 is 21.5 Å². The highest BCUT2D eigenvalue weighted by Gasteiger charge is 2.13. The highest BCUT2D eigenvalue weighted by molar-refractivity contribution is 5.96. The molecule has 2 aromatic heterocycles. The van der Waals surface area contributed by atoms with Crippen molar-refractivity contribution in [3.05, 3.63) is 188 Å². The molecule has 2 heterocycles. The number of aromatic nitrogens is 3. The summed E-state index contributed by atoms with van der Waals surface area (Å²) >= 11 is 0. The van der Waals surface area contributed by atoms with E-state index < -0.39 is 0 Å². The Morgan fingerprint density at radius 2 is 0.800 bits per heavy atom. The third-order valence-corrected chi connectivity index (χ3v) is 9.40. The molecule has 0 unspecified atom stereocenters. The maximum Gasteiger partial charge on any atom is 0.160 e. The van der Waals surface area contributed by atoms with Crippen LogP contribution in [0.4, 0.5) is 0 Å². The summed E-state index contributed by atoms with van der Waals surface area (Å²) in [5, 5.41) is 4.79. The molecule has 0 aliphatic carbocycles. The van der Waals surface area contributed by atoms with Crippen LogP contribution in [0, 0.1) is 0 Å². The standard InChI is InChI=1S/C47H31N3/c1-2-8-32(9-3-1)34-14-21-37(22-15-34)45-29-46(38-23-19-36(20-24-38)44-31-48-30-42-12-6-7-13-43(42)44)50-47(49-45)39-25-16-35(17-26-39)41-27-18-33-10-4-5-11-40(33)28-41/h1-31H. The van der Waals surface area contributed by atoms with E-state index in [9.17, 15) is 0 Å². The van der Waals surface area contributed by atoms with Crippen molar-refractivity contribution in [2.75, 3.05) is 0 Å². The number of fused-ring (bicyclic) bond motifs is 2. The van der Waals surface area contributed by atoms with Gasteiger partial charge in [-0.2, -0.15) is 0 Å². The number of pyridine rings is 1. The molecule has 0 fully saturated rings. The lowest BCUT2D eigenvalue weighted by molar-refractivity contribution is 1.18. The minimum atomic E-state index is 0.692. The Hall–Kier alpha value is -6.71. The normalized spacial score (nSPS) is 11.2. The first-order valence-electron chi connectivity index (χ1n) is 16.8. The molecule has 0 atom stereocenters. The summed E-state index contributed by atoms with van der Waals surface area (Å²) in [7, 11) is 0. The first kappa shape index (κ1) is 29.4. The molecule has 7 aromatic carbocycles. The fourth-order valence-electron chi connectivity index (χ4n) is 6.68. The molecule has 0 aliphatic rings. The highest BCUT2D eigenvalue weighted by Crippen LogP contribution is 2.33. The third-order valence-electron chi connectivity index (χ3n) is 9.40. The minimum Gasteiger partial charge on any atom is -0.263 e. The zero-order valence-electron chi connectivity index (χ0n) is 27.2. The predicted molar refractivity (Wildman–Crippen MR) is 207 cm³/mol. The van der Waals surface area contributed by atoms with Crippen molar-refractivity contribution in [2.24, 2.45) is 0 Å². The molecule has 0 saturated heterocycles. The van der Waals surface area contributed by atoms with Crippen LogP contribution in [0.25, 0.3) is 88.8 Å². The van der Waals surface area contributed by atoms with E-state index in [0.29, 0.717) is 5.82 Å². The Kier molecular flexibility index (Phi) is 7.49. The molecule has 50 heavy (non-hydrogen) atoms. The monoisotopic (exact) mass is 637 g/mol. The summed E-state index contributed by atoms with van der Waals surface area (Å²) < 4.78 is 0. The molecule has 3 nitrogen and oxygen atoms in total. The summed E-state index contributed by atoms with van der Waals surface area (Å²) in [5.74, 6) is 0.692. The van der Waals surface area contributed by atoms with Crippen LogP contribution >= 0.6 is 0 Å². The van der Waals surface area contributed by atoms with Crippen LogP contribution < -0.4 is 0 Å². The van der Waals surface area contributed by atoms with Gasteiger partial charge in [0.1, 0.15) is 0 Å². The van der Waals surface area contributed by atoms with Gasteiger partial charge in [-0.25, -0.2) is 9.97 Å². The van der Waals surface area contributed by atoms with Gasteiger partial charge in [-0.1, -0.05) is 164 Å². The van der Waals surface area contributed by atoms with E-state index in [4.69, 9.17) is 9.97 Å². The summed E-state index contributed by atoms with van der Waals surface area (Å²) in [6, 6.07) is 61.8. The van der Waals surface area contributed by atoms with Gasteiger partial charge in [0, 0.05) is 40.0 Å². The highest BCUT2D eigenvalue weighted by atomic mass is 14.9. The topological polar surface area (TPSA) is 38.7 Å². The van der Waals surface area contributed by atoms with E-state index in [1.165, 1.54) is 32.8 Å². The number of rotatable bonds is 6. The van der Waals surface area contributed by atoms with Gasteiger partial charge in [-0.05, 0) is 56.1 Å². The molecular formula is C47H31N3. The Balaban J connectivity index is 1.10. The third kappa shape index (κ3) is 5.72. The van der Waals surface area contributed by atoms with Crippen LogP contribution in [-0.4, -0.2) is 15.0 Å². The largest absolute Gasteiger partial charge is 0.263 e. The van der Waals surface area contributed by atoms with E-state index in [2.05, 4.69) is 169 Å². The van der Waals surface area contributed by atoms with Gasteiger partial charge in [0.2, 0.25) is 0 Å². The van der Waals surface area contributed by atoms with Gasteiger partial charge in [-0.15, -0.1) is 0 Å². The molecule has 0 N–H and O–H groups in total. The smallest absolute Gasteiger partial charge is 0.160 e. The van der Waals surface area contributed by atoms with Gasteiger partial charge in [-0.3, -0.25) is 4.98 Å². The second-order valence-corrected chi connectivity index (χ2v) is 12.5. The van der Waals surface area contributed by atoms with Crippen molar-refractivity contribution in [1.82, 2.24) is 15.0 Å². The quantitative estimate of drug-likeness (QED) is 0.182. The number of nitrogens with zero attached hydrogens (tertiary/aromatic N) is 3. The summed E-state index contributed by atoms with van der Waals surface area (Å²) in [5.41, 5.74) is 11.7. The molecule has 9 aromatic rings. The van der Waals surface area contributed by atoms with Crippen LogP contribution in [-0.2, 0) is 0 Å². The van der Waals surface area contributed by atoms with Crippen molar-refractivity contribution in [3.8, 4) is 67.3 Å². The molecule has 0 bridgehead atoms. The Labute approximate surface area is 291 Å². The van der Waals surface area contributed by atoms with E-state index in [0.717, 1.165) is 50.2 Å².